The summed E-state index contributed by atoms with van der Waals surface area (Å²) in [6.07, 6.45) is 4.87. The van der Waals surface area contributed by atoms with Gasteiger partial charge in [-0.1, -0.05) is 12.8 Å². The monoisotopic (exact) mass is 549 g/mol. The van der Waals surface area contributed by atoms with Crippen LogP contribution in [-0.2, 0) is 11.2 Å². The normalized spacial score (nSPS) is 18.0. The number of carbonyl (C=O) groups is 1. The zero-order valence-electron chi connectivity index (χ0n) is 18.2. The molecular formula is C22H34F2IN5O. The number of nitrogens with zero attached hydrogens (tertiary/aromatic N) is 3. The maximum absolute atomic E-state index is 13.7. The summed E-state index contributed by atoms with van der Waals surface area (Å²) >= 11 is 0. The van der Waals surface area contributed by atoms with Gasteiger partial charge in [0.2, 0.25) is 5.91 Å². The maximum Gasteiger partial charge on any atom is 0.225 e. The smallest absolute Gasteiger partial charge is 0.225 e. The predicted molar refractivity (Wildman–Crippen MR) is 130 cm³/mol. The molecule has 1 heterocycles. The molecule has 1 aromatic carbocycles. The number of nitrogens with one attached hydrogen (secondary N) is 2. The van der Waals surface area contributed by atoms with Crippen molar-refractivity contribution in [3.8, 4) is 0 Å². The van der Waals surface area contributed by atoms with Gasteiger partial charge in [0.25, 0.3) is 0 Å². The topological polar surface area (TPSA) is 60.0 Å². The lowest BCUT2D eigenvalue weighted by Gasteiger charge is -2.36. The van der Waals surface area contributed by atoms with E-state index in [1.165, 1.54) is 18.9 Å². The molecule has 1 aliphatic heterocycles. The Morgan fingerprint density at radius 3 is 2.45 bits per heavy atom. The molecule has 3 rings (SSSR count). The Bertz CT molecular complexity index is 735. The average molecular weight is 549 g/mol. The first-order valence-electron chi connectivity index (χ1n) is 11.0. The lowest BCUT2D eigenvalue weighted by molar-refractivity contribution is -0.137. The SMILES string of the molecule is CN=C(NCCc1cc(F)ccc1F)NCCN1CCN(C(=O)C2CCCC2)CC1.I. The molecule has 9 heteroatoms. The van der Waals surface area contributed by atoms with E-state index in [4.69, 9.17) is 0 Å². The first kappa shape index (κ1) is 25.8. The van der Waals surface area contributed by atoms with E-state index in [0.29, 0.717) is 30.4 Å². The molecule has 0 bridgehead atoms. The van der Waals surface area contributed by atoms with Gasteiger partial charge in [0.15, 0.2) is 5.96 Å². The van der Waals surface area contributed by atoms with Crippen LogP contribution in [0.2, 0.25) is 0 Å². The summed E-state index contributed by atoms with van der Waals surface area (Å²) in [6, 6.07) is 3.50. The molecule has 0 atom stereocenters. The Balaban J connectivity index is 0.00000341. The highest BCUT2D eigenvalue weighted by Crippen LogP contribution is 2.26. The number of halogens is 3. The molecule has 0 spiro atoms. The van der Waals surface area contributed by atoms with Gasteiger partial charge in [-0.15, -0.1) is 24.0 Å². The minimum absolute atomic E-state index is 0. The molecule has 31 heavy (non-hydrogen) atoms. The molecule has 1 aliphatic carbocycles. The molecule has 1 amide bonds. The standard InChI is InChI=1S/C22H33F2N5O.HI/c1-25-22(26-9-8-18-16-19(23)6-7-20(18)24)27-10-11-28-12-14-29(15-13-28)21(30)17-4-2-3-5-17;/h6-7,16-17H,2-5,8-15H2,1H3,(H2,25,26,27);1H. The van der Waals surface area contributed by atoms with Crippen LogP contribution in [0.1, 0.15) is 31.2 Å². The first-order valence-corrected chi connectivity index (χ1v) is 11.0. The van der Waals surface area contributed by atoms with E-state index in [1.807, 2.05) is 4.90 Å². The second-order valence-electron chi connectivity index (χ2n) is 8.06. The summed E-state index contributed by atoms with van der Waals surface area (Å²) in [5, 5.41) is 6.39. The van der Waals surface area contributed by atoms with Crippen LogP contribution in [0.4, 0.5) is 8.78 Å². The van der Waals surface area contributed by atoms with E-state index < -0.39 is 11.6 Å². The summed E-state index contributed by atoms with van der Waals surface area (Å²) in [7, 11) is 1.69. The number of amides is 1. The number of hydrogen-bond acceptors (Lipinski definition) is 3. The van der Waals surface area contributed by atoms with Gasteiger partial charge in [0.05, 0.1) is 0 Å². The number of benzene rings is 1. The Hall–Kier alpha value is -1.49. The van der Waals surface area contributed by atoms with Crippen LogP contribution >= 0.6 is 24.0 Å². The highest BCUT2D eigenvalue weighted by Gasteiger charge is 2.29. The summed E-state index contributed by atoms with van der Waals surface area (Å²) in [5.41, 5.74) is 0.350. The summed E-state index contributed by atoms with van der Waals surface area (Å²) < 4.78 is 26.9. The van der Waals surface area contributed by atoms with Crippen molar-refractivity contribution in [2.24, 2.45) is 10.9 Å². The molecule has 1 aromatic rings. The van der Waals surface area contributed by atoms with Crippen LogP contribution < -0.4 is 10.6 Å². The fourth-order valence-electron chi connectivity index (χ4n) is 4.23. The summed E-state index contributed by atoms with van der Waals surface area (Å²) in [4.78, 5) is 21.1. The Morgan fingerprint density at radius 1 is 1.10 bits per heavy atom. The van der Waals surface area contributed by atoms with Crippen molar-refractivity contribution in [3.05, 3.63) is 35.4 Å². The van der Waals surface area contributed by atoms with E-state index in [2.05, 4.69) is 20.5 Å². The van der Waals surface area contributed by atoms with Gasteiger partial charge in [-0.3, -0.25) is 14.7 Å². The third-order valence-electron chi connectivity index (χ3n) is 6.03. The number of guanidine groups is 1. The van der Waals surface area contributed by atoms with Crippen LogP contribution in [0, 0.1) is 17.6 Å². The van der Waals surface area contributed by atoms with Crippen LogP contribution in [0.15, 0.2) is 23.2 Å². The lowest BCUT2D eigenvalue weighted by Crippen LogP contribution is -2.52. The number of rotatable bonds is 7. The van der Waals surface area contributed by atoms with Gasteiger partial charge in [-0.25, -0.2) is 8.78 Å². The van der Waals surface area contributed by atoms with Crippen molar-refractivity contribution >= 4 is 35.8 Å². The molecule has 6 nitrogen and oxygen atoms in total. The Morgan fingerprint density at radius 2 is 1.77 bits per heavy atom. The molecular weight excluding hydrogens is 515 g/mol. The summed E-state index contributed by atoms with van der Waals surface area (Å²) in [5.74, 6) is 0.422. The number of piperazine rings is 1. The highest BCUT2D eigenvalue weighted by molar-refractivity contribution is 14.0. The van der Waals surface area contributed by atoms with Gasteiger partial charge < -0.3 is 15.5 Å². The van der Waals surface area contributed by atoms with Crippen molar-refractivity contribution in [3.63, 3.8) is 0 Å². The van der Waals surface area contributed by atoms with Gasteiger partial charge in [-0.2, -0.15) is 0 Å². The van der Waals surface area contributed by atoms with Crippen LogP contribution in [0.25, 0.3) is 0 Å². The third-order valence-corrected chi connectivity index (χ3v) is 6.03. The van der Waals surface area contributed by atoms with Crippen LogP contribution in [0.3, 0.4) is 0 Å². The van der Waals surface area contributed by atoms with Crippen molar-refractivity contribution in [2.75, 3.05) is 52.9 Å². The minimum Gasteiger partial charge on any atom is -0.356 e. The van der Waals surface area contributed by atoms with Crippen molar-refractivity contribution in [1.29, 1.82) is 0 Å². The highest BCUT2D eigenvalue weighted by atomic mass is 127. The van der Waals surface area contributed by atoms with Crippen molar-refractivity contribution in [2.45, 2.75) is 32.1 Å². The first-order chi connectivity index (χ1) is 14.6. The fourth-order valence-corrected chi connectivity index (χ4v) is 4.23. The molecule has 2 N–H and O–H groups in total. The molecule has 0 aromatic heterocycles. The van der Waals surface area contributed by atoms with Gasteiger partial charge in [0, 0.05) is 58.8 Å². The molecule has 0 radical (unpaired) electrons. The third kappa shape index (κ3) is 7.85. The van der Waals surface area contributed by atoms with Crippen molar-refractivity contribution in [1.82, 2.24) is 20.4 Å². The second-order valence-corrected chi connectivity index (χ2v) is 8.06. The largest absolute Gasteiger partial charge is 0.356 e. The van der Waals surface area contributed by atoms with Crippen molar-refractivity contribution < 1.29 is 13.6 Å². The van der Waals surface area contributed by atoms with Gasteiger partial charge >= 0.3 is 0 Å². The summed E-state index contributed by atoms with van der Waals surface area (Å²) in [6.45, 7) is 5.45. The number of aliphatic imine (C=N–C) groups is 1. The Labute approximate surface area is 200 Å². The number of hydrogen-bond donors (Lipinski definition) is 2. The molecule has 1 saturated carbocycles. The van der Waals surface area contributed by atoms with E-state index in [0.717, 1.165) is 64.2 Å². The molecule has 2 fully saturated rings. The average Bonchev–Trinajstić information content (AvgIpc) is 3.30. The van der Waals surface area contributed by atoms with Crippen LogP contribution in [-0.4, -0.2) is 74.5 Å². The quantitative estimate of drug-likeness (QED) is 0.312. The van der Waals surface area contributed by atoms with Crippen LogP contribution in [0.5, 0.6) is 0 Å². The molecule has 1 saturated heterocycles. The Kier molecular flexibility index (Phi) is 10.9. The predicted octanol–water partition coefficient (Wildman–Crippen LogP) is 2.62. The maximum atomic E-state index is 13.7. The van der Waals surface area contributed by atoms with E-state index in [-0.39, 0.29) is 29.9 Å². The molecule has 2 aliphatic rings. The fraction of sp³-hybridized carbons (Fsp3) is 0.636. The van der Waals surface area contributed by atoms with E-state index >= 15 is 0 Å². The minimum atomic E-state index is -0.432. The van der Waals surface area contributed by atoms with E-state index in [1.54, 1.807) is 7.05 Å². The van der Waals surface area contributed by atoms with Gasteiger partial charge in [0.1, 0.15) is 11.6 Å². The molecule has 174 valence electrons. The van der Waals surface area contributed by atoms with E-state index in [9.17, 15) is 13.6 Å². The zero-order chi connectivity index (χ0) is 21.3. The zero-order valence-corrected chi connectivity index (χ0v) is 20.5. The van der Waals surface area contributed by atoms with Gasteiger partial charge in [-0.05, 0) is 43.0 Å². The lowest BCUT2D eigenvalue weighted by atomic mass is 10.1. The molecule has 0 unspecified atom stereocenters. The number of carbonyl (C=O) groups excluding carboxylic acids is 1. The second kappa shape index (κ2) is 13.1.